The first-order valence-corrected chi connectivity index (χ1v) is 8.30. The minimum atomic E-state index is -3.87. The monoisotopic (exact) mass is 393 g/mol. The molecule has 0 aliphatic heterocycles. The van der Waals surface area contributed by atoms with Crippen LogP contribution in [-0.4, -0.2) is 20.4 Å². The van der Waals surface area contributed by atoms with E-state index in [0.29, 0.717) is 5.82 Å². The molecule has 2 rings (SSSR count). The van der Waals surface area contributed by atoms with E-state index >= 15 is 0 Å². The molecule has 0 atom stereocenters. The van der Waals surface area contributed by atoms with E-state index in [1.807, 2.05) is 0 Å². The normalized spacial score (nSPS) is 11.2. The predicted octanol–water partition coefficient (Wildman–Crippen LogP) is 3.48. The van der Waals surface area contributed by atoms with Crippen LogP contribution in [0.25, 0.3) is 0 Å². The van der Waals surface area contributed by atoms with Gasteiger partial charge in [0.05, 0.1) is 15.6 Å². The Balaban J connectivity index is 2.42. The van der Waals surface area contributed by atoms with Crippen LogP contribution in [-0.2, 0) is 10.0 Å². The number of rotatable bonds is 4. The van der Waals surface area contributed by atoms with Crippen molar-refractivity contribution in [3.05, 3.63) is 45.8 Å². The van der Waals surface area contributed by atoms with Gasteiger partial charge in [-0.05, 0) is 34.1 Å². The third-order valence-electron chi connectivity index (χ3n) is 2.54. The zero-order valence-corrected chi connectivity index (χ0v) is 13.9. The molecular formula is C12H10BrClFN3O2S. The maximum atomic E-state index is 13.2. The number of nitrogens with one attached hydrogen (secondary N) is 2. The van der Waals surface area contributed by atoms with E-state index in [1.165, 1.54) is 18.3 Å². The van der Waals surface area contributed by atoms with Gasteiger partial charge in [0, 0.05) is 23.8 Å². The van der Waals surface area contributed by atoms with Gasteiger partial charge < -0.3 is 5.32 Å². The number of sulfonamides is 1. The maximum Gasteiger partial charge on any atom is 0.262 e. The van der Waals surface area contributed by atoms with Crippen molar-refractivity contribution in [3.63, 3.8) is 0 Å². The van der Waals surface area contributed by atoms with Gasteiger partial charge in [0.25, 0.3) is 10.0 Å². The first-order chi connectivity index (χ1) is 9.83. The molecule has 0 bridgehead atoms. The van der Waals surface area contributed by atoms with Crippen LogP contribution in [0.4, 0.5) is 15.9 Å². The second kappa shape index (κ2) is 6.17. The molecule has 0 aliphatic carbocycles. The molecule has 0 saturated carbocycles. The van der Waals surface area contributed by atoms with E-state index < -0.39 is 15.8 Å². The van der Waals surface area contributed by atoms with Gasteiger partial charge in [-0.15, -0.1) is 0 Å². The van der Waals surface area contributed by atoms with Crippen LogP contribution < -0.4 is 10.0 Å². The van der Waals surface area contributed by atoms with Gasteiger partial charge in [-0.25, -0.2) is 17.8 Å². The SMILES string of the molecule is CNc1cc(S(=O)(=O)Nc2c(Cl)cc(F)cc2Br)ccn1. The summed E-state index contributed by atoms with van der Waals surface area (Å²) in [5.74, 6) is -0.168. The lowest BCUT2D eigenvalue weighted by atomic mass is 10.3. The number of aromatic nitrogens is 1. The molecule has 1 heterocycles. The first kappa shape index (κ1) is 16.0. The fourth-order valence-corrected chi connectivity index (χ4v) is 3.75. The minimum absolute atomic E-state index is 0.00846. The molecule has 0 aliphatic rings. The highest BCUT2D eigenvalue weighted by atomic mass is 79.9. The summed E-state index contributed by atoms with van der Waals surface area (Å²) >= 11 is 8.94. The Labute approximate surface area is 134 Å². The van der Waals surface area contributed by atoms with Gasteiger partial charge in [-0.3, -0.25) is 4.72 Å². The van der Waals surface area contributed by atoms with Gasteiger partial charge in [0.1, 0.15) is 11.6 Å². The molecule has 0 radical (unpaired) electrons. The quantitative estimate of drug-likeness (QED) is 0.833. The lowest BCUT2D eigenvalue weighted by Gasteiger charge is -2.12. The molecule has 0 saturated heterocycles. The molecule has 0 amide bonds. The lowest BCUT2D eigenvalue weighted by Crippen LogP contribution is -2.14. The fourth-order valence-electron chi connectivity index (χ4n) is 1.55. The number of anilines is 2. The van der Waals surface area contributed by atoms with Crippen LogP contribution in [0.15, 0.2) is 39.8 Å². The molecule has 0 unspecified atom stereocenters. The van der Waals surface area contributed by atoms with Crippen LogP contribution in [0, 0.1) is 5.82 Å². The van der Waals surface area contributed by atoms with Gasteiger partial charge >= 0.3 is 0 Å². The van der Waals surface area contributed by atoms with Gasteiger partial charge in [0.15, 0.2) is 0 Å². The topological polar surface area (TPSA) is 71.1 Å². The molecular weight excluding hydrogens is 385 g/mol. The van der Waals surface area contributed by atoms with E-state index in [2.05, 4.69) is 31.0 Å². The molecule has 2 aromatic rings. The molecule has 1 aromatic carbocycles. The van der Waals surface area contributed by atoms with Crippen molar-refractivity contribution in [1.82, 2.24) is 4.98 Å². The number of benzene rings is 1. The van der Waals surface area contributed by atoms with E-state index in [1.54, 1.807) is 7.05 Å². The summed E-state index contributed by atoms with van der Waals surface area (Å²) in [5, 5.41) is 2.70. The predicted molar refractivity (Wildman–Crippen MR) is 83.7 cm³/mol. The van der Waals surface area contributed by atoms with Gasteiger partial charge in [0.2, 0.25) is 0 Å². The Kier molecular flexibility index (Phi) is 4.70. The summed E-state index contributed by atoms with van der Waals surface area (Å²) < 4.78 is 40.3. The molecule has 5 nitrogen and oxygen atoms in total. The standard InChI is InChI=1S/C12H10BrClFN3O2S/c1-16-11-6-8(2-3-17-11)21(19,20)18-12-9(13)4-7(15)5-10(12)14/h2-6,18H,1H3,(H,16,17). The Hall–Kier alpha value is -1.38. The van der Waals surface area contributed by atoms with Crippen LogP contribution in [0.3, 0.4) is 0 Å². The van der Waals surface area contributed by atoms with Crippen LogP contribution in [0.5, 0.6) is 0 Å². The highest BCUT2D eigenvalue weighted by Gasteiger charge is 2.19. The Morgan fingerprint density at radius 3 is 2.67 bits per heavy atom. The van der Waals surface area contributed by atoms with Crippen molar-refractivity contribution in [2.75, 3.05) is 17.1 Å². The zero-order valence-electron chi connectivity index (χ0n) is 10.7. The summed E-state index contributed by atoms with van der Waals surface area (Å²) in [6, 6.07) is 4.85. The Morgan fingerprint density at radius 1 is 1.33 bits per heavy atom. The van der Waals surface area contributed by atoms with Crippen molar-refractivity contribution < 1.29 is 12.8 Å². The maximum absolute atomic E-state index is 13.2. The Morgan fingerprint density at radius 2 is 2.05 bits per heavy atom. The van der Waals surface area contributed by atoms with E-state index in [-0.39, 0.29) is 20.1 Å². The third-order valence-corrected chi connectivity index (χ3v) is 4.81. The Bertz CT molecular complexity index is 763. The number of nitrogens with zero attached hydrogens (tertiary/aromatic N) is 1. The van der Waals surface area contributed by atoms with Crippen LogP contribution >= 0.6 is 27.5 Å². The third kappa shape index (κ3) is 3.63. The number of pyridine rings is 1. The van der Waals surface area contributed by atoms with Gasteiger partial charge in [-0.1, -0.05) is 11.6 Å². The summed E-state index contributed by atoms with van der Waals surface area (Å²) in [6.07, 6.45) is 1.36. The summed E-state index contributed by atoms with van der Waals surface area (Å²) in [7, 11) is -2.25. The number of hydrogen-bond acceptors (Lipinski definition) is 4. The minimum Gasteiger partial charge on any atom is -0.373 e. The zero-order chi connectivity index (χ0) is 15.6. The second-order valence-electron chi connectivity index (χ2n) is 3.98. The number of halogens is 3. The van der Waals surface area contributed by atoms with Crippen LogP contribution in [0.2, 0.25) is 5.02 Å². The first-order valence-electron chi connectivity index (χ1n) is 5.64. The van der Waals surface area contributed by atoms with Crippen molar-refractivity contribution >= 4 is 49.1 Å². The van der Waals surface area contributed by atoms with Crippen molar-refractivity contribution in [2.45, 2.75) is 4.90 Å². The largest absolute Gasteiger partial charge is 0.373 e. The van der Waals surface area contributed by atoms with E-state index in [0.717, 1.165) is 12.1 Å². The summed E-state index contributed by atoms with van der Waals surface area (Å²) in [6.45, 7) is 0. The molecule has 2 N–H and O–H groups in total. The van der Waals surface area contributed by atoms with Crippen molar-refractivity contribution in [1.29, 1.82) is 0 Å². The fraction of sp³-hybridized carbons (Fsp3) is 0.0833. The average molecular weight is 395 g/mol. The van der Waals surface area contributed by atoms with E-state index in [4.69, 9.17) is 11.6 Å². The average Bonchev–Trinajstić information content (AvgIpc) is 2.43. The molecule has 21 heavy (non-hydrogen) atoms. The highest BCUT2D eigenvalue weighted by Crippen LogP contribution is 2.33. The smallest absolute Gasteiger partial charge is 0.262 e. The highest BCUT2D eigenvalue weighted by molar-refractivity contribution is 9.10. The molecule has 112 valence electrons. The summed E-state index contributed by atoms with van der Waals surface area (Å²) in [4.78, 5) is 3.95. The van der Waals surface area contributed by atoms with Gasteiger partial charge in [-0.2, -0.15) is 0 Å². The molecule has 1 aromatic heterocycles. The number of hydrogen-bond donors (Lipinski definition) is 2. The van der Waals surface area contributed by atoms with Crippen LogP contribution in [0.1, 0.15) is 0 Å². The van der Waals surface area contributed by atoms with Crippen molar-refractivity contribution in [3.8, 4) is 0 Å². The lowest BCUT2D eigenvalue weighted by molar-refractivity contribution is 0.601. The van der Waals surface area contributed by atoms with Crippen molar-refractivity contribution in [2.24, 2.45) is 0 Å². The molecule has 0 spiro atoms. The summed E-state index contributed by atoms with van der Waals surface area (Å²) in [5.41, 5.74) is 0.0703. The molecule has 9 heteroatoms. The molecule has 0 fully saturated rings. The second-order valence-corrected chi connectivity index (χ2v) is 6.92. The van der Waals surface area contributed by atoms with E-state index in [9.17, 15) is 12.8 Å².